The van der Waals surface area contributed by atoms with Crippen LogP contribution in [0.15, 0.2) is 18.7 Å². The van der Waals surface area contributed by atoms with Gasteiger partial charge in [-0.3, -0.25) is 19.2 Å². The van der Waals surface area contributed by atoms with Crippen LogP contribution in [-0.4, -0.2) is 95.4 Å². The average molecular weight is 404 g/mol. The standard InChI is InChI=1S/C18H24N6O5/c1-29-10-15(25)23-5-6-24(18(28)12-7-19-11-20-8-12)14(9-23)17(27)22-13-3-2-4-21-16(13)26/h7-8,11,13-14H,2-6,9-10H2,1H3,(H,21,26)(H,22,27)/t13-,14+/m0/s1. The Bertz CT molecular complexity index is 773. The molecule has 2 fully saturated rings. The van der Waals surface area contributed by atoms with Gasteiger partial charge in [0.1, 0.15) is 25.0 Å². The first-order chi connectivity index (χ1) is 14.0. The lowest BCUT2D eigenvalue weighted by Gasteiger charge is -2.41. The van der Waals surface area contributed by atoms with Gasteiger partial charge in [0.15, 0.2) is 0 Å². The molecule has 29 heavy (non-hydrogen) atoms. The van der Waals surface area contributed by atoms with Crippen LogP contribution >= 0.6 is 0 Å². The summed E-state index contributed by atoms with van der Waals surface area (Å²) < 4.78 is 4.89. The van der Waals surface area contributed by atoms with Gasteiger partial charge < -0.3 is 25.2 Å². The fourth-order valence-electron chi connectivity index (χ4n) is 3.44. The van der Waals surface area contributed by atoms with Crippen LogP contribution in [0.3, 0.4) is 0 Å². The zero-order valence-electron chi connectivity index (χ0n) is 16.2. The van der Waals surface area contributed by atoms with Gasteiger partial charge in [0, 0.05) is 39.1 Å². The number of carbonyl (C=O) groups excluding carboxylic acids is 4. The molecule has 0 unspecified atom stereocenters. The highest BCUT2D eigenvalue weighted by molar-refractivity contribution is 5.98. The van der Waals surface area contributed by atoms with E-state index in [4.69, 9.17) is 4.74 Å². The molecule has 2 aliphatic heterocycles. The minimum absolute atomic E-state index is 0.0157. The van der Waals surface area contributed by atoms with Crippen molar-refractivity contribution in [3.05, 3.63) is 24.3 Å². The Morgan fingerprint density at radius 2 is 2.03 bits per heavy atom. The lowest BCUT2D eigenvalue weighted by atomic mass is 10.0. The van der Waals surface area contributed by atoms with Gasteiger partial charge in [0.2, 0.25) is 17.7 Å². The molecule has 2 atom stereocenters. The van der Waals surface area contributed by atoms with E-state index in [2.05, 4.69) is 20.6 Å². The summed E-state index contributed by atoms with van der Waals surface area (Å²) in [5.41, 5.74) is 0.248. The van der Waals surface area contributed by atoms with Gasteiger partial charge in [-0.2, -0.15) is 0 Å². The van der Waals surface area contributed by atoms with Gasteiger partial charge >= 0.3 is 0 Å². The van der Waals surface area contributed by atoms with Crippen molar-refractivity contribution >= 4 is 23.6 Å². The van der Waals surface area contributed by atoms with E-state index in [1.807, 2.05) is 0 Å². The van der Waals surface area contributed by atoms with E-state index in [0.29, 0.717) is 13.0 Å². The van der Waals surface area contributed by atoms with Crippen LogP contribution in [-0.2, 0) is 19.1 Å². The Morgan fingerprint density at radius 1 is 1.28 bits per heavy atom. The van der Waals surface area contributed by atoms with E-state index in [-0.39, 0.29) is 43.6 Å². The second kappa shape index (κ2) is 9.41. The predicted octanol–water partition coefficient (Wildman–Crippen LogP) is -1.83. The number of nitrogens with zero attached hydrogens (tertiary/aromatic N) is 4. The molecule has 0 radical (unpaired) electrons. The van der Waals surface area contributed by atoms with Crippen molar-refractivity contribution in [3.63, 3.8) is 0 Å². The van der Waals surface area contributed by atoms with E-state index >= 15 is 0 Å². The van der Waals surface area contributed by atoms with Gasteiger partial charge in [-0.15, -0.1) is 0 Å². The quantitative estimate of drug-likeness (QED) is 0.590. The van der Waals surface area contributed by atoms with Crippen molar-refractivity contribution in [2.45, 2.75) is 24.9 Å². The summed E-state index contributed by atoms with van der Waals surface area (Å²) in [5.74, 6) is -1.40. The zero-order valence-corrected chi connectivity index (χ0v) is 16.2. The van der Waals surface area contributed by atoms with Gasteiger partial charge in [-0.25, -0.2) is 9.97 Å². The monoisotopic (exact) mass is 404 g/mol. The highest BCUT2D eigenvalue weighted by Gasteiger charge is 2.39. The Hall–Kier alpha value is -3.08. The molecule has 1 aromatic heterocycles. The molecule has 2 N–H and O–H groups in total. The number of piperidine rings is 1. The minimum atomic E-state index is -0.938. The molecule has 2 aliphatic rings. The fraction of sp³-hybridized carbons (Fsp3) is 0.556. The van der Waals surface area contributed by atoms with E-state index in [1.54, 1.807) is 0 Å². The van der Waals surface area contributed by atoms with E-state index < -0.39 is 23.9 Å². The first-order valence-corrected chi connectivity index (χ1v) is 9.42. The van der Waals surface area contributed by atoms with E-state index in [0.717, 1.165) is 6.42 Å². The van der Waals surface area contributed by atoms with E-state index in [9.17, 15) is 19.2 Å². The maximum Gasteiger partial charge on any atom is 0.257 e. The Balaban J connectivity index is 1.78. The molecule has 11 nitrogen and oxygen atoms in total. The molecular weight excluding hydrogens is 380 g/mol. The van der Waals surface area contributed by atoms with E-state index in [1.165, 1.54) is 35.6 Å². The maximum absolute atomic E-state index is 13.0. The van der Waals surface area contributed by atoms with Crippen molar-refractivity contribution in [1.29, 1.82) is 0 Å². The summed E-state index contributed by atoms with van der Waals surface area (Å²) in [6.07, 6.45) is 5.34. The summed E-state index contributed by atoms with van der Waals surface area (Å²) >= 11 is 0. The molecule has 0 bridgehead atoms. The van der Waals surface area contributed by atoms with Gasteiger partial charge in [-0.05, 0) is 12.8 Å². The fourth-order valence-corrected chi connectivity index (χ4v) is 3.44. The maximum atomic E-state index is 13.0. The number of hydrogen-bond acceptors (Lipinski definition) is 7. The molecule has 3 rings (SSSR count). The SMILES string of the molecule is COCC(=O)N1CCN(C(=O)c2cncnc2)[C@@H](C(=O)N[C@H]2CCCNC2=O)C1. The lowest BCUT2D eigenvalue weighted by Crippen LogP contribution is -2.64. The smallest absolute Gasteiger partial charge is 0.257 e. The van der Waals surface area contributed by atoms with Crippen LogP contribution in [0.5, 0.6) is 0 Å². The van der Waals surface area contributed by atoms with Crippen LogP contribution in [0.1, 0.15) is 23.2 Å². The number of piperazine rings is 1. The molecule has 0 saturated carbocycles. The van der Waals surface area contributed by atoms with Crippen molar-refractivity contribution in [2.24, 2.45) is 0 Å². The van der Waals surface area contributed by atoms with Crippen molar-refractivity contribution < 1.29 is 23.9 Å². The van der Waals surface area contributed by atoms with Crippen LogP contribution in [0.2, 0.25) is 0 Å². The molecule has 1 aromatic rings. The van der Waals surface area contributed by atoms with Gasteiger partial charge in [0.05, 0.1) is 12.1 Å². The highest BCUT2D eigenvalue weighted by Crippen LogP contribution is 2.15. The molecule has 156 valence electrons. The number of aromatic nitrogens is 2. The summed E-state index contributed by atoms with van der Waals surface area (Å²) in [7, 11) is 1.42. The summed E-state index contributed by atoms with van der Waals surface area (Å²) in [4.78, 5) is 60.7. The minimum Gasteiger partial charge on any atom is -0.375 e. The number of carbonyl (C=O) groups is 4. The number of hydrogen-bond donors (Lipinski definition) is 2. The first-order valence-electron chi connectivity index (χ1n) is 9.42. The third kappa shape index (κ3) is 4.86. The molecular formula is C18H24N6O5. The first kappa shape index (κ1) is 20.6. The van der Waals surface area contributed by atoms with Crippen LogP contribution < -0.4 is 10.6 Å². The second-order valence-electron chi connectivity index (χ2n) is 6.91. The number of methoxy groups -OCH3 is 1. The van der Waals surface area contributed by atoms with Crippen molar-refractivity contribution in [3.8, 4) is 0 Å². The Morgan fingerprint density at radius 3 is 2.72 bits per heavy atom. The van der Waals surface area contributed by atoms with Crippen LogP contribution in [0, 0.1) is 0 Å². The normalized spacial score (nSPS) is 22.0. The molecule has 3 heterocycles. The zero-order chi connectivity index (χ0) is 20.8. The van der Waals surface area contributed by atoms with Crippen LogP contribution in [0.4, 0.5) is 0 Å². The predicted molar refractivity (Wildman–Crippen MR) is 99.5 cm³/mol. The Kier molecular flexibility index (Phi) is 6.70. The molecule has 0 aliphatic carbocycles. The number of nitrogens with one attached hydrogen (secondary N) is 2. The molecule has 0 aromatic carbocycles. The van der Waals surface area contributed by atoms with Gasteiger partial charge in [-0.1, -0.05) is 0 Å². The second-order valence-corrected chi connectivity index (χ2v) is 6.91. The average Bonchev–Trinajstić information content (AvgIpc) is 2.75. The largest absolute Gasteiger partial charge is 0.375 e. The number of rotatable bonds is 5. The van der Waals surface area contributed by atoms with Crippen molar-refractivity contribution in [2.75, 3.05) is 39.9 Å². The summed E-state index contributed by atoms with van der Waals surface area (Å²) in [5, 5.41) is 5.43. The molecule has 2 saturated heterocycles. The molecule has 11 heteroatoms. The third-order valence-electron chi connectivity index (χ3n) is 4.97. The number of amides is 4. The summed E-state index contributed by atoms with van der Waals surface area (Å²) in [6, 6.07) is -1.59. The highest BCUT2D eigenvalue weighted by atomic mass is 16.5. The van der Waals surface area contributed by atoms with Crippen LogP contribution in [0.25, 0.3) is 0 Å². The Labute approximate surface area is 167 Å². The topological polar surface area (TPSA) is 134 Å². The third-order valence-corrected chi connectivity index (χ3v) is 4.97. The molecule has 0 spiro atoms. The lowest BCUT2D eigenvalue weighted by molar-refractivity contribution is -0.141. The number of ether oxygens (including phenoxy) is 1. The molecule has 4 amide bonds. The summed E-state index contributed by atoms with van der Waals surface area (Å²) in [6.45, 7) is 0.918. The van der Waals surface area contributed by atoms with Gasteiger partial charge in [0.25, 0.3) is 5.91 Å². The van der Waals surface area contributed by atoms with Crippen molar-refractivity contribution in [1.82, 2.24) is 30.4 Å².